The van der Waals surface area contributed by atoms with E-state index >= 15 is 0 Å². The van der Waals surface area contributed by atoms with E-state index in [9.17, 15) is 18.0 Å². The van der Waals surface area contributed by atoms with Crippen molar-refractivity contribution in [1.82, 2.24) is 0 Å². The van der Waals surface area contributed by atoms with Crippen LogP contribution >= 0.6 is 15.9 Å². The highest BCUT2D eigenvalue weighted by molar-refractivity contribution is 9.10. The molecule has 0 aliphatic carbocycles. The maximum absolute atomic E-state index is 13.4. The maximum atomic E-state index is 13.4. The number of amides is 1. The molecule has 2 rings (SSSR count). The molecule has 0 heterocycles. The fraction of sp³-hybridized carbons (Fsp3) is 0.0714. The van der Waals surface area contributed by atoms with Gasteiger partial charge in [-0.1, -0.05) is 6.07 Å². The quantitative estimate of drug-likeness (QED) is 0.803. The molecule has 6 heteroatoms. The predicted molar refractivity (Wildman–Crippen MR) is 73.1 cm³/mol. The third kappa shape index (κ3) is 3.01. The summed E-state index contributed by atoms with van der Waals surface area (Å²) in [6, 6.07) is 5.96. The Balaban J connectivity index is 2.30. The van der Waals surface area contributed by atoms with Gasteiger partial charge in [-0.3, -0.25) is 4.79 Å². The largest absolute Gasteiger partial charge is 0.319 e. The molecule has 2 aromatic carbocycles. The van der Waals surface area contributed by atoms with Gasteiger partial charge in [-0.05, 0) is 40.5 Å². The van der Waals surface area contributed by atoms with Crippen molar-refractivity contribution in [1.29, 1.82) is 0 Å². The van der Waals surface area contributed by atoms with Crippen LogP contribution in [0.5, 0.6) is 0 Å². The van der Waals surface area contributed by atoms with Gasteiger partial charge in [-0.15, -0.1) is 0 Å². The van der Waals surface area contributed by atoms with Crippen molar-refractivity contribution in [2.75, 3.05) is 5.32 Å². The van der Waals surface area contributed by atoms with Crippen molar-refractivity contribution < 1.29 is 18.0 Å². The number of nitrogens with one attached hydrogen (secondary N) is 1. The summed E-state index contributed by atoms with van der Waals surface area (Å²) in [4.78, 5) is 12.0. The number of hydrogen-bond acceptors (Lipinski definition) is 1. The summed E-state index contributed by atoms with van der Waals surface area (Å²) >= 11 is 3.22. The van der Waals surface area contributed by atoms with Gasteiger partial charge in [0.25, 0.3) is 5.91 Å². The molecular weight excluding hydrogens is 335 g/mol. The molecule has 0 atom stereocenters. The molecule has 1 amide bonds. The molecule has 0 aliphatic rings. The van der Waals surface area contributed by atoms with Gasteiger partial charge in [0.1, 0.15) is 5.82 Å². The number of rotatable bonds is 2. The SMILES string of the molecule is Cc1ccc(C(=O)Nc2cc(F)c(F)cc2F)c(Br)c1. The molecule has 0 unspecified atom stereocenters. The molecule has 0 radical (unpaired) electrons. The lowest BCUT2D eigenvalue weighted by Gasteiger charge is -2.09. The van der Waals surface area contributed by atoms with Crippen molar-refractivity contribution in [2.24, 2.45) is 0 Å². The zero-order valence-electron chi connectivity index (χ0n) is 10.3. The van der Waals surface area contributed by atoms with E-state index in [0.29, 0.717) is 16.6 Å². The molecule has 0 spiro atoms. The van der Waals surface area contributed by atoms with Crippen molar-refractivity contribution in [3.63, 3.8) is 0 Å². The Hall–Kier alpha value is -1.82. The van der Waals surface area contributed by atoms with Gasteiger partial charge in [0.05, 0.1) is 11.3 Å². The van der Waals surface area contributed by atoms with Crippen LogP contribution in [-0.2, 0) is 0 Å². The number of aryl methyl sites for hydroxylation is 1. The van der Waals surface area contributed by atoms with Crippen LogP contribution in [0.25, 0.3) is 0 Å². The van der Waals surface area contributed by atoms with Gasteiger partial charge >= 0.3 is 0 Å². The van der Waals surface area contributed by atoms with Crippen molar-refractivity contribution in [2.45, 2.75) is 6.92 Å². The minimum absolute atomic E-state index is 0.264. The van der Waals surface area contributed by atoms with Crippen LogP contribution in [0.2, 0.25) is 0 Å². The van der Waals surface area contributed by atoms with Crippen molar-refractivity contribution in [3.05, 3.63) is 63.4 Å². The minimum Gasteiger partial charge on any atom is -0.319 e. The summed E-state index contributed by atoms with van der Waals surface area (Å²) in [6.07, 6.45) is 0. The van der Waals surface area contributed by atoms with E-state index in [2.05, 4.69) is 21.2 Å². The molecule has 1 N–H and O–H groups in total. The standard InChI is InChI=1S/C14H9BrF3NO/c1-7-2-3-8(9(15)4-7)14(20)19-13-6-11(17)10(16)5-12(13)18/h2-6H,1H3,(H,19,20). The molecule has 0 saturated heterocycles. The second-order valence-electron chi connectivity index (χ2n) is 4.18. The third-order valence-corrected chi connectivity index (χ3v) is 3.28. The first-order chi connectivity index (χ1) is 9.38. The van der Waals surface area contributed by atoms with E-state index in [1.54, 1.807) is 18.2 Å². The highest BCUT2D eigenvalue weighted by atomic mass is 79.9. The summed E-state index contributed by atoms with van der Waals surface area (Å²) < 4.78 is 39.8. The van der Waals surface area contributed by atoms with Crippen LogP contribution in [0.4, 0.5) is 18.9 Å². The Bertz CT molecular complexity index is 688. The fourth-order valence-corrected chi connectivity index (χ4v) is 2.29. The lowest BCUT2D eigenvalue weighted by Crippen LogP contribution is -2.14. The number of carbonyl (C=O) groups is 1. The third-order valence-electron chi connectivity index (χ3n) is 2.63. The molecule has 20 heavy (non-hydrogen) atoms. The highest BCUT2D eigenvalue weighted by Gasteiger charge is 2.15. The topological polar surface area (TPSA) is 29.1 Å². The number of hydrogen-bond donors (Lipinski definition) is 1. The Morgan fingerprint density at radius 2 is 1.70 bits per heavy atom. The van der Waals surface area contributed by atoms with Crippen LogP contribution in [-0.4, -0.2) is 5.91 Å². The molecule has 0 aliphatic heterocycles. The van der Waals surface area contributed by atoms with Crippen LogP contribution in [0.3, 0.4) is 0 Å². The van der Waals surface area contributed by atoms with E-state index in [0.717, 1.165) is 5.56 Å². The smallest absolute Gasteiger partial charge is 0.256 e. The molecule has 2 aromatic rings. The molecule has 0 aromatic heterocycles. The highest BCUT2D eigenvalue weighted by Crippen LogP contribution is 2.22. The molecule has 0 bridgehead atoms. The Morgan fingerprint density at radius 1 is 1.05 bits per heavy atom. The molecule has 0 fully saturated rings. The summed E-state index contributed by atoms with van der Waals surface area (Å²) in [5.41, 5.74) is 0.786. The summed E-state index contributed by atoms with van der Waals surface area (Å²) in [5.74, 6) is -4.20. The zero-order chi connectivity index (χ0) is 14.9. The average molecular weight is 344 g/mol. The first kappa shape index (κ1) is 14.6. The molecule has 2 nitrogen and oxygen atoms in total. The lowest BCUT2D eigenvalue weighted by atomic mass is 10.1. The first-order valence-corrected chi connectivity index (χ1v) is 6.40. The van der Waals surface area contributed by atoms with E-state index in [-0.39, 0.29) is 5.56 Å². The van der Waals surface area contributed by atoms with Crippen LogP contribution in [0.1, 0.15) is 15.9 Å². The predicted octanol–water partition coefficient (Wildman–Crippen LogP) is 4.43. The van der Waals surface area contributed by atoms with E-state index in [1.807, 2.05) is 6.92 Å². The van der Waals surface area contributed by atoms with Gasteiger partial charge in [0.2, 0.25) is 0 Å². The zero-order valence-corrected chi connectivity index (χ0v) is 11.9. The molecule has 0 saturated carbocycles. The van der Waals surface area contributed by atoms with Gasteiger partial charge < -0.3 is 5.32 Å². The minimum atomic E-state index is -1.31. The number of carbonyl (C=O) groups excluding carboxylic acids is 1. The van der Waals surface area contributed by atoms with E-state index < -0.39 is 29.0 Å². The molecule has 104 valence electrons. The lowest BCUT2D eigenvalue weighted by molar-refractivity contribution is 0.102. The summed E-state index contributed by atoms with van der Waals surface area (Å²) in [5, 5.41) is 2.20. The fourth-order valence-electron chi connectivity index (χ4n) is 1.61. The van der Waals surface area contributed by atoms with Crippen LogP contribution < -0.4 is 5.32 Å². The monoisotopic (exact) mass is 343 g/mol. The van der Waals surface area contributed by atoms with Crippen molar-refractivity contribution >= 4 is 27.5 Å². The summed E-state index contributed by atoms with van der Waals surface area (Å²) in [6.45, 7) is 1.85. The van der Waals surface area contributed by atoms with Gasteiger partial charge in [-0.25, -0.2) is 13.2 Å². The van der Waals surface area contributed by atoms with Crippen LogP contribution in [0, 0.1) is 24.4 Å². The Labute approximate surface area is 121 Å². The Kier molecular flexibility index (Phi) is 4.13. The van der Waals surface area contributed by atoms with Gasteiger partial charge in [0.15, 0.2) is 11.6 Å². The molecular formula is C14H9BrF3NO. The Morgan fingerprint density at radius 3 is 2.35 bits per heavy atom. The average Bonchev–Trinajstić information content (AvgIpc) is 2.35. The normalized spacial score (nSPS) is 10.4. The number of halogens is 4. The second-order valence-corrected chi connectivity index (χ2v) is 5.04. The van der Waals surface area contributed by atoms with E-state index in [1.165, 1.54) is 0 Å². The van der Waals surface area contributed by atoms with Gasteiger partial charge in [-0.2, -0.15) is 0 Å². The summed E-state index contributed by atoms with van der Waals surface area (Å²) in [7, 11) is 0. The maximum Gasteiger partial charge on any atom is 0.256 e. The van der Waals surface area contributed by atoms with Gasteiger partial charge in [0, 0.05) is 16.6 Å². The number of benzene rings is 2. The van der Waals surface area contributed by atoms with E-state index in [4.69, 9.17) is 0 Å². The van der Waals surface area contributed by atoms with Crippen molar-refractivity contribution in [3.8, 4) is 0 Å². The number of anilines is 1. The first-order valence-electron chi connectivity index (χ1n) is 5.60. The second kappa shape index (κ2) is 5.66. The van der Waals surface area contributed by atoms with Crippen LogP contribution in [0.15, 0.2) is 34.8 Å².